The molecule has 0 amide bonds. The van der Waals surface area contributed by atoms with Crippen molar-refractivity contribution in [3.05, 3.63) is 37.6 Å². The molecule has 22 heavy (non-hydrogen) atoms. The molecule has 1 aromatic rings. The molecule has 5 heteroatoms. The Morgan fingerprint density at radius 1 is 1.05 bits per heavy atom. The summed E-state index contributed by atoms with van der Waals surface area (Å²) in [4.78, 5) is 25.1. The fourth-order valence-corrected chi connectivity index (χ4v) is 2.55. The molecule has 4 nitrogen and oxygen atoms in total. The molecule has 0 unspecified atom stereocenters. The SMILES string of the molecule is CCCC=Cn1c(Cl)c(CCCC)c(=O)n(CCCC)c1=O. The fourth-order valence-electron chi connectivity index (χ4n) is 2.25. The Labute approximate surface area is 137 Å². The van der Waals surface area contributed by atoms with Gasteiger partial charge in [-0.3, -0.25) is 13.9 Å². The number of rotatable bonds is 9. The summed E-state index contributed by atoms with van der Waals surface area (Å²) >= 11 is 6.34. The quantitative estimate of drug-likeness (QED) is 0.642. The maximum atomic E-state index is 12.5. The largest absolute Gasteiger partial charge is 0.336 e. The van der Waals surface area contributed by atoms with E-state index in [-0.39, 0.29) is 16.4 Å². The van der Waals surface area contributed by atoms with E-state index in [0.29, 0.717) is 18.5 Å². The summed E-state index contributed by atoms with van der Waals surface area (Å²) < 4.78 is 2.75. The van der Waals surface area contributed by atoms with Crippen LogP contribution in [-0.4, -0.2) is 9.13 Å². The lowest BCUT2D eigenvalue weighted by molar-refractivity contribution is 0.564. The van der Waals surface area contributed by atoms with Gasteiger partial charge in [-0.15, -0.1) is 0 Å². The van der Waals surface area contributed by atoms with E-state index in [2.05, 4.69) is 13.8 Å². The second kappa shape index (κ2) is 9.67. The Kier molecular flexibility index (Phi) is 8.25. The molecule has 0 saturated heterocycles. The first-order chi connectivity index (χ1) is 10.6. The highest BCUT2D eigenvalue weighted by molar-refractivity contribution is 6.30. The van der Waals surface area contributed by atoms with Crippen LogP contribution in [0.2, 0.25) is 5.15 Å². The van der Waals surface area contributed by atoms with Crippen LogP contribution in [0.4, 0.5) is 0 Å². The van der Waals surface area contributed by atoms with Crippen LogP contribution in [0.1, 0.15) is 64.9 Å². The highest BCUT2D eigenvalue weighted by Gasteiger charge is 2.16. The smallest absolute Gasteiger partial charge is 0.269 e. The van der Waals surface area contributed by atoms with Crippen molar-refractivity contribution >= 4 is 17.8 Å². The summed E-state index contributed by atoms with van der Waals surface area (Å²) in [6, 6.07) is 0. The zero-order valence-corrected chi connectivity index (χ0v) is 14.7. The third-order valence-corrected chi connectivity index (χ3v) is 4.04. The average Bonchev–Trinajstić information content (AvgIpc) is 2.50. The Morgan fingerprint density at radius 2 is 1.73 bits per heavy atom. The van der Waals surface area contributed by atoms with Crippen molar-refractivity contribution in [3.63, 3.8) is 0 Å². The summed E-state index contributed by atoms with van der Waals surface area (Å²) in [5, 5.41) is 0.267. The van der Waals surface area contributed by atoms with Gasteiger partial charge < -0.3 is 0 Å². The first-order valence-electron chi connectivity index (χ1n) is 8.28. The fraction of sp³-hybridized carbons (Fsp3) is 0.647. The number of aromatic nitrogens is 2. The van der Waals surface area contributed by atoms with Gasteiger partial charge >= 0.3 is 5.69 Å². The molecule has 0 spiro atoms. The van der Waals surface area contributed by atoms with E-state index in [4.69, 9.17) is 11.6 Å². The lowest BCUT2D eigenvalue weighted by Gasteiger charge is -2.13. The zero-order valence-electron chi connectivity index (χ0n) is 13.9. The van der Waals surface area contributed by atoms with Crippen molar-refractivity contribution in [3.8, 4) is 0 Å². The first-order valence-corrected chi connectivity index (χ1v) is 8.66. The second-order valence-corrected chi connectivity index (χ2v) is 5.87. The van der Waals surface area contributed by atoms with Crippen molar-refractivity contribution in [1.29, 1.82) is 0 Å². The van der Waals surface area contributed by atoms with Gasteiger partial charge in [0.2, 0.25) is 0 Å². The molecular weight excluding hydrogens is 300 g/mol. The first kappa shape index (κ1) is 18.8. The summed E-state index contributed by atoms with van der Waals surface area (Å²) in [6.07, 6.45) is 9.73. The monoisotopic (exact) mass is 326 g/mol. The Bertz CT molecular complexity index is 614. The zero-order chi connectivity index (χ0) is 16.5. The van der Waals surface area contributed by atoms with E-state index < -0.39 is 0 Å². The molecule has 0 radical (unpaired) electrons. The number of nitrogens with zero attached hydrogens (tertiary/aromatic N) is 2. The van der Waals surface area contributed by atoms with E-state index >= 15 is 0 Å². The second-order valence-electron chi connectivity index (χ2n) is 5.51. The number of allylic oxidation sites excluding steroid dienone is 1. The van der Waals surface area contributed by atoms with E-state index in [1.165, 1.54) is 9.13 Å². The number of hydrogen-bond acceptors (Lipinski definition) is 2. The molecule has 1 aromatic heterocycles. The van der Waals surface area contributed by atoms with Crippen LogP contribution in [0.25, 0.3) is 6.20 Å². The topological polar surface area (TPSA) is 44.0 Å². The molecule has 0 aromatic carbocycles. The van der Waals surface area contributed by atoms with Gasteiger partial charge in [-0.1, -0.05) is 57.7 Å². The van der Waals surface area contributed by atoms with Crippen LogP contribution in [-0.2, 0) is 13.0 Å². The lowest BCUT2D eigenvalue weighted by Crippen LogP contribution is -2.41. The van der Waals surface area contributed by atoms with Gasteiger partial charge in [-0.05, 0) is 25.7 Å². The highest BCUT2D eigenvalue weighted by Crippen LogP contribution is 2.14. The summed E-state index contributed by atoms with van der Waals surface area (Å²) in [6.45, 7) is 6.63. The number of unbranched alkanes of at least 4 members (excludes halogenated alkanes) is 3. The Hall–Kier alpha value is -1.29. The van der Waals surface area contributed by atoms with Crippen molar-refractivity contribution in [2.45, 2.75) is 72.3 Å². The van der Waals surface area contributed by atoms with E-state index in [9.17, 15) is 9.59 Å². The standard InChI is InChI=1S/C17H27ClN2O2/c1-4-7-10-13-19-15(18)14(11-8-5-2)16(21)20(17(19)22)12-9-6-3/h10,13H,4-9,11-12H2,1-3H3. The molecule has 124 valence electrons. The van der Waals surface area contributed by atoms with Crippen LogP contribution in [0.3, 0.4) is 0 Å². The molecule has 0 aliphatic carbocycles. The van der Waals surface area contributed by atoms with Crippen molar-refractivity contribution in [2.24, 2.45) is 0 Å². The molecule has 0 atom stereocenters. The molecule has 0 saturated carbocycles. The predicted octanol–water partition coefficient (Wildman–Crippen LogP) is 4.08. The summed E-state index contributed by atoms with van der Waals surface area (Å²) in [5.41, 5.74) is -0.00605. The molecule has 0 fully saturated rings. The minimum absolute atomic E-state index is 0.225. The van der Waals surface area contributed by atoms with Crippen molar-refractivity contribution in [1.82, 2.24) is 9.13 Å². The van der Waals surface area contributed by atoms with Crippen molar-refractivity contribution in [2.75, 3.05) is 0 Å². The van der Waals surface area contributed by atoms with Crippen LogP contribution in [0.15, 0.2) is 15.7 Å². The third kappa shape index (κ3) is 4.60. The van der Waals surface area contributed by atoms with Crippen LogP contribution < -0.4 is 11.2 Å². The van der Waals surface area contributed by atoms with Gasteiger partial charge in [0, 0.05) is 12.7 Å². The van der Waals surface area contributed by atoms with E-state index in [1.807, 2.05) is 13.0 Å². The van der Waals surface area contributed by atoms with Gasteiger partial charge in [0.15, 0.2) is 0 Å². The molecule has 1 heterocycles. The minimum Gasteiger partial charge on any atom is -0.269 e. The van der Waals surface area contributed by atoms with Gasteiger partial charge in [0.05, 0.1) is 5.56 Å². The van der Waals surface area contributed by atoms with Gasteiger partial charge in [0.25, 0.3) is 5.56 Å². The Morgan fingerprint density at radius 3 is 2.32 bits per heavy atom. The molecule has 0 bridgehead atoms. The maximum Gasteiger partial charge on any atom is 0.336 e. The maximum absolute atomic E-state index is 12.5. The molecule has 0 aliphatic heterocycles. The van der Waals surface area contributed by atoms with Crippen LogP contribution >= 0.6 is 11.6 Å². The van der Waals surface area contributed by atoms with Crippen LogP contribution in [0.5, 0.6) is 0 Å². The number of hydrogen-bond donors (Lipinski definition) is 0. The highest BCUT2D eigenvalue weighted by atomic mass is 35.5. The number of halogens is 1. The molecule has 0 N–H and O–H groups in total. The van der Waals surface area contributed by atoms with E-state index in [1.54, 1.807) is 6.20 Å². The summed E-state index contributed by atoms with van der Waals surface area (Å²) in [5.74, 6) is 0. The molecule has 1 rings (SSSR count). The van der Waals surface area contributed by atoms with Crippen LogP contribution in [0, 0.1) is 0 Å². The van der Waals surface area contributed by atoms with Crippen molar-refractivity contribution < 1.29 is 0 Å². The minimum atomic E-state index is -0.337. The van der Waals surface area contributed by atoms with Gasteiger partial charge in [0.1, 0.15) is 5.15 Å². The third-order valence-electron chi connectivity index (χ3n) is 3.63. The molecular formula is C17H27ClN2O2. The lowest BCUT2D eigenvalue weighted by atomic mass is 10.1. The normalized spacial score (nSPS) is 11.5. The van der Waals surface area contributed by atoms with E-state index in [0.717, 1.165) is 38.5 Å². The Balaban J connectivity index is 3.41. The van der Waals surface area contributed by atoms with Gasteiger partial charge in [-0.2, -0.15) is 0 Å². The molecule has 0 aliphatic rings. The average molecular weight is 327 g/mol. The predicted molar refractivity (Wildman–Crippen MR) is 93.7 cm³/mol. The van der Waals surface area contributed by atoms with Gasteiger partial charge in [-0.25, -0.2) is 4.79 Å². The summed E-state index contributed by atoms with van der Waals surface area (Å²) in [7, 11) is 0.